The molecule has 0 aliphatic heterocycles. The van der Waals surface area contributed by atoms with Gasteiger partial charge in [-0.25, -0.2) is 0 Å². The number of hydrogen-bond donors (Lipinski definition) is 0. The van der Waals surface area contributed by atoms with E-state index < -0.39 is 6.10 Å². The molecule has 0 saturated carbocycles. The summed E-state index contributed by atoms with van der Waals surface area (Å²) in [6.07, 6.45) is 88.7. The average molecular weight is 1140 g/mol. The predicted octanol–water partition coefficient (Wildman–Crippen LogP) is 24.9. The van der Waals surface area contributed by atoms with E-state index in [0.717, 1.165) is 77.0 Å². The lowest BCUT2D eigenvalue weighted by Gasteiger charge is -2.18. The van der Waals surface area contributed by atoms with Gasteiger partial charge in [-0.3, -0.25) is 14.4 Å². The van der Waals surface area contributed by atoms with Gasteiger partial charge in [0.25, 0.3) is 0 Å². The molecule has 0 heterocycles. The van der Waals surface area contributed by atoms with E-state index in [4.69, 9.17) is 14.2 Å². The molecule has 0 aliphatic carbocycles. The van der Waals surface area contributed by atoms with E-state index in [0.29, 0.717) is 19.3 Å². The number of esters is 3. The summed E-state index contributed by atoms with van der Waals surface area (Å²) in [5.41, 5.74) is 0. The molecular formula is C75H138O6. The number of hydrogen-bond acceptors (Lipinski definition) is 6. The quantitative estimate of drug-likeness (QED) is 0.0261. The first-order valence-electron chi connectivity index (χ1n) is 36.1. The number of allylic oxidation sites excluding steroid dienone is 8. The molecule has 0 saturated heterocycles. The maximum absolute atomic E-state index is 12.9. The van der Waals surface area contributed by atoms with Crippen molar-refractivity contribution in [1.29, 1.82) is 0 Å². The first-order valence-corrected chi connectivity index (χ1v) is 36.1. The van der Waals surface area contributed by atoms with Crippen molar-refractivity contribution in [2.45, 2.75) is 399 Å². The third-order valence-electron chi connectivity index (χ3n) is 16.3. The Balaban J connectivity index is 4.15. The van der Waals surface area contributed by atoms with Crippen LogP contribution in [0.5, 0.6) is 0 Å². The minimum absolute atomic E-state index is 0.0737. The van der Waals surface area contributed by atoms with Crippen molar-refractivity contribution in [3.05, 3.63) is 48.6 Å². The van der Waals surface area contributed by atoms with E-state index >= 15 is 0 Å². The van der Waals surface area contributed by atoms with Crippen LogP contribution in [-0.2, 0) is 28.6 Å². The van der Waals surface area contributed by atoms with Gasteiger partial charge in [0, 0.05) is 19.3 Å². The highest BCUT2D eigenvalue weighted by Crippen LogP contribution is 2.18. The van der Waals surface area contributed by atoms with Crippen LogP contribution in [0.1, 0.15) is 393 Å². The van der Waals surface area contributed by atoms with Crippen LogP contribution in [0, 0.1) is 0 Å². The highest BCUT2D eigenvalue weighted by atomic mass is 16.6. The SMILES string of the molecule is CCCCCCC/C=C\C/C=C\C/C=C\CCCCCCCCC(=O)OC(COC(=O)CCCCCCCCCCCCC)COC(=O)CCCCCCCCCCCCCCCCCCCCC/C=C\CCCCCCCCCC. The molecule has 6 heteroatoms. The fourth-order valence-corrected chi connectivity index (χ4v) is 10.9. The van der Waals surface area contributed by atoms with Gasteiger partial charge in [0.05, 0.1) is 0 Å². The van der Waals surface area contributed by atoms with E-state index in [1.54, 1.807) is 0 Å². The normalized spacial score (nSPS) is 12.3. The van der Waals surface area contributed by atoms with Gasteiger partial charge in [-0.1, -0.05) is 339 Å². The summed E-state index contributed by atoms with van der Waals surface area (Å²) in [4.78, 5) is 38.4. The maximum Gasteiger partial charge on any atom is 0.306 e. The average Bonchev–Trinajstić information content (AvgIpc) is 3.47. The first-order chi connectivity index (χ1) is 40.0. The van der Waals surface area contributed by atoms with E-state index in [9.17, 15) is 14.4 Å². The summed E-state index contributed by atoms with van der Waals surface area (Å²) < 4.78 is 17.0. The molecule has 0 aliphatic rings. The van der Waals surface area contributed by atoms with Crippen LogP contribution in [0.2, 0.25) is 0 Å². The highest BCUT2D eigenvalue weighted by molar-refractivity contribution is 5.71. The van der Waals surface area contributed by atoms with Crippen molar-refractivity contribution >= 4 is 17.9 Å². The molecule has 0 N–H and O–H groups in total. The Hall–Kier alpha value is -2.63. The molecule has 0 aromatic rings. The number of carbonyl (C=O) groups excluding carboxylic acids is 3. The number of unbranched alkanes of at least 4 members (excludes halogenated alkanes) is 48. The van der Waals surface area contributed by atoms with Crippen molar-refractivity contribution in [2.24, 2.45) is 0 Å². The molecule has 81 heavy (non-hydrogen) atoms. The Morgan fingerprint density at radius 3 is 0.704 bits per heavy atom. The van der Waals surface area contributed by atoms with Crippen LogP contribution in [0.4, 0.5) is 0 Å². The summed E-state index contributed by atoms with van der Waals surface area (Å²) in [6.45, 7) is 6.67. The summed E-state index contributed by atoms with van der Waals surface area (Å²) in [6, 6.07) is 0. The third kappa shape index (κ3) is 68.0. The zero-order valence-electron chi connectivity index (χ0n) is 54.6. The second kappa shape index (κ2) is 69.9. The molecule has 0 fully saturated rings. The molecule has 0 bridgehead atoms. The number of ether oxygens (including phenoxy) is 3. The van der Waals surface area contributed by atoms with Crippen LogP contribution in [-0.4, -0.2) is 37.2 Å². The summed E-state index contributed by atoms with van der Waals surface area (Å²) >= 11 is 0. The smallest absolute Gasteiger partial charge is 0.306 e. The Bertz CT molecular complexity index is 1400. The van der Waals surface area contributed by atoms with Gasteiger partial charge in [-0.2, -0.15) is 0 Å². The fourth-order valence-electron chi connectivity index (χ4n) is 10.9. The van der Waals surface area contributed by atoms with Crippen LogP contribution >= 0.6 is 0 Å². The molecule has 0 rings (SSSR count). The minimum Gasteiger partial charge on any atom is -0.462 e. The van der Waals surface area contributed by atoms with Gasteiger partial charge in [-0.05, 0) is 83.5 Å². The van der Waals surface area contributed by atoms with Crippen molar-refractivity contribution in [1.82, 2.24) is 0 Å². The minimum atomic E-state index is -0.778. The van der Waals surface area contributed by atoms with Crippen LogP contribution in [0.25, 0.3) is 0 Å². The molecule has 0 aromatic carbocycles. The Kier molecular flexibility index (Phi) is 67.6. The molecule has 0 radical (unpaired) electrons. The van der Waals surface area contributed by atoms with Crippen LogP contribution in [0.15, 0.2) is 48.6 Å². The lowest BCUT2D eigenvalue weighted by atomic mass is 10.0. The van der Waals surface area contributed by atoms with Gasteiger partial charge in [0.15, 0.2) is 6.10 Å². The molecular weight excluding hydrogens is 997 g/mol. The van der Waals surface area contributed by atoms with Crippen LogP contribution < -0.4 is 0 Å². The lowest BCUT2D eigenvalue weighted by Crippen LogP contribution is -2.30. The summed E-state index contributed by atoms with van der Waals surface area (Å²) in [5.74, 6) is -0.862. The molecule has 1 atom stereocenters. The van der Waals surface area contributed by atoms with Gasteiger partial charge in [0.2, 0.25) is 0 Å². The van der Waals surface area contributed by atoms with E-state index in [1.807, 2.05) is 0 Å². The zero-order chi connectivity index (χ0) is 58.5. The summed E-state index contributed by atoms with van der Waals surface area (Å²) in [7, 11) is 0. The van der Waals surface area contributed by atoms with Gasteiger partial charge < -0.3 is 14.2 Å². The number of carbonyl (C=O) groups is 3. The second-order valence-corrected chi connectivity index (χ2v) is 24.5. The summed E-state index contributed by atoms with van der Waals surface area (Å²) in [5, 5.41) is 0. The monoisotopic (exact) mass is 1140 g/mol. The standard InChI is InChI=1S/C75H138O6/c1-4-7-10-13-16-19-22-24-26-28-30-32-33-34-35-36-37-38-39-40-41-43-44-46-48-50-53-56-59-62-65-68-74(77)80-71-72(70-79-73(76)67-64-61-58-55-52-21-18-15-12-9-6-3)81-75(78)69-66-63-60-57-54-51-49-47-45-42-31-29-27-25-23-20-17-14-11-8-5-2/h23,25,28-31,45,47,72H,4-22,24,26-27,32-44,46,48-71H2,1-3H3/b25-23-,30-28-,31-29-,47-45-. The Labute approximate surface area is 505 Å². The van der Waals surface area contributed by atoms with Gasteiger partial charge in [0.1, 0.15) is 13.2 Å². The van der Waals surface area contributed by atoms with Crippen LogP contribution in [0.3, 0.4) is 0 Å². The third-order valence-corrected chi connectivity index (χ3v) is 16.3. The molecule has 474 valence electrons. The van der Waals surface area contributed by atoms with E-state index in [2.05, 4.69) is 69.4 Å². The first kappa shape index (κ1) is 78.4. The molecule has 0 amide bonds. The van der Waals surface area contributed by atoms with E-state index in [1.165, 1.54) is 276 Å². The highest BCUT2D eigenvalue weighted by Gasteiger charge is 2.19. The Morgan fingerprint density at radius 1 is 0.247 bits per heavy atom. The van der Waals surface area contributed by atoms with E-state index in [-0.39, 0.29) is 31.1 Å². The molecule has 1 unspecified atom stereocenters. The predicted molar refractivity (Wildman–Crippen MR) is 353 cm³/mol. The van der Waals surface area contributed by atoms with Crippen molar-refractivity contribution in [2.75, 3.05) is 13.2 Å². The number of rotatable bonds is 67. The van der Waals surface area contributed by atoms with Crippen molar-refractivity contribution in [3.8, 4) is 0 Å². The fraction of sp³-hybridized carbons (Fsp3) is 0.853. The molecule has 0 spiro atoms. The maximum atomic E-state index is 12.9. The zero-order valence-corrected chi connectivity index (χ0v) is 54.6. The van der Waals surface area contributed by atoms with Crippen molar-refractivity contribution in [3.63, 3.8) is 0 Å². The lowest BCUT2D eigenvalue weighted by molar-refractivity contribution is -0.167. The topological polar surface area (TPSA) is 78.9 Å². The Morgan fingerprint density at radius 2 is 0.444 bits per heavy atom. The largest absolute Gasteiger partial charge is 0.462 e. The molecule has 0 aromatic heterocycles. The second-order valence-electron chi connectivity index (χ2n) is 24.5. The van der Waals surface area contributed by atoms with Gasteiger partial charge in [-0.15, -0.1) is 0 Å². The van der Waals surface area contributed by atoms with Gasteiger partial charge >= 0.3 is 17.9 Å². The van der Waals surface area contributed by atoms with Crippen molar-refractivity contribution < 1.29 is 28.6 Å². The molecule has 6 nitrogen and oxygen atoms in total.